The lowest BCUT2D eigenvalue weighted by atomic mass is 10.1. The SMILES string of the molecule is CO[C@H]1C[C@@H](C(=O)NCCc2cccc(C#N)c2)N(C)C1. The Balaban J connectivity index is 1.80. The van der Waals surface area contributed by atoms with Gasteiger partial charge in [0, 0.05) is 20.2 Å². The van der Waals surface area contributed by atoms with Crippen LogP contribution in [-0.4, -0.2) is 50.2 Å². The Bertz CT molecular complexity index is 539. The largest absolute Gasteiger partial charge is 0.380 e. The molecule has 0 saturated carbocycles. The monoisotopic (exact) mass is 287 g/mol. The van der Waals surface area contributed by atoms with Crippen LogP contribution in [0.3, 0.4) is 0 Å². The van der Waals surface area contributed by atoms with Crippen LogP contribution in [0, 0.1) is 11.3 Å². The summed E-state index contributed by atoms with van der Waals surface area (Å²) in [6, 6.07) is 9.48. The van der Waals surface area contributed by atoms with Gasteiger partial charge in [-0.3, -0.25) is 9.69 Å². The standard InChI is InChI=1S/C16H21N3O2/c1-19-11-14(21-2)9-15(19)16(20)18-7-6-12-4-3-5-13(8-12)10-17/h3-5,8,14-15H,6-7,9,11H2,1-2H3,(H,18,20)/t14-,15-/m0/s1. The summed E-state index contributed by atoms with van der Waals surface area (Å²) < 4.78 is 5.31. The van der Waals surface area contributed by atoms with Gasteiger partial charge in [-0.15, -0.1) is 0 Å². The first-order chi connectivity index (χ1) is 10.1. The topological polar surface area (TPSA) is 65.4 Å². The molecule has 5 heteroatoms. The van der Waals surface area contributed by atoms with Crippen molar-refractivity contribution in [3.8, 4) is 6.07 Å². The van der Waals surface area contributed by atoms with Gasteiger partial charge in [-0.05, 0) is 37.6 Å². The number of hydrogen-bond donors (Lipinski definition) is 1. The second-order valence-corrected chi connectivity index (χ2v) is 5.40. The highest BCUT2D eigenvalue weighted by Crippen LogP contribution is 2.17. The molecular weight excluding hydrogens is 266 g/mol. The molecule has 0 aliphatic carbocycles. The van der Waals surface area contributed by atoms with Gasteiger partial charge in [-0.2, -0.15) is 5.26 Å². The van der Waals surface area contributed by atoms with Crippen molar-refractivity contribution in [3.63, 3.8) is 0 Å². The van der Waals surface area contributed by atoms with Crippen molar-refractivity contribution in [1.29, 1.82) is 5.26 Å². The van der Waals surface area contributed by atoms with Crippen LogP contribution in [0.2, 0.25) is 0 Å². The van der Waals surface area contributed by atoms with E-state index >= 15 is 0 Å². The van der Waals surface area contributed by atoms with E-state index in [9.17, 15) is 4.79 Å². The van der Waals surface area contributed by atoms with Gasteiger partial charge in [0.1, 0.15) is 0 Å². The minimum absolute atomic E-state index is 0.0495. The summed E-state index contributed by atoms with van der Waals surface area (Å²) in [4.78, 5) is 14.2. The fourth-order valence-corrected chi connectivity index (χ4v) is 2.67. The van der Waals surface area contributed by atoms with Crippen LogP contribution in [0.5, 0.6) is 0 Å². The van der Waals surface area contributed by atoms with E-state index in [1.54, 1.807) is 13.2 Å². The number of carbonyl (C=O) groups is 1. The molecule has 0 spiro atoms. The molecule has 2 atom stereocenters. The number of nitrogens with zero attached hydrogens (tertiary/aromatic N) is 2. The molecule has 1 saturated heterocycles. The van der Waals surface area contributed by atoms with Crippen LogP contribution in [0.25, 0.3) is 0 Å². The fraction of sp³-hybridized carbons (Fsp3) is 0.500. The van der Waals surface area contributed by atoms with Gasteiger partial charge < -0.3 is 10.1 Å². The molecule has 0 unspecified atom stereocenters. The third-order valence-electron chi connectivity index (χ3n) is 3.91. The van der Waals surface area contributed by atoms with Gasteiger partial charge in [-0.25, -0.2) is 0 Å². The smallest absolute Gasteiger partial charge is 0.237 e. The molecule has 0 radical (unpaired) electrons. The highest BCUT2D eigenvalue weighted by atomic mass is 16.5. The first-order valence-corrected chi connectivity index (χ1v) is 7.14. The zero-order chi connectivity index (χ0) is 15.2. The van der Waals surface area contributed by atoms with Crippen molar-refractivity contribution in [1.82, 2.24) is 10.2 Å². The number of rotatable bonds is 5. The molecule has 0 aromatic heterocycles. The number of benzene rings is 1. The molecule has 1 heterocycles. The third kappa shape index (κ3) is 4.03. The Kier molecular flexibility index (Phi) is 5.32. The molecule has 1 fully saturated rings. The van der Waals surface area contributed by atoms with Crippen LogP contribution in [0.4, 0.5) is 0 Å². The average Bonchev–Trinajstić information content (AvgIpc) is 2.88. The van der Waals surface area contributed by atoms with E-state index in [4.69, 9.17) is 10.00 Å². The minimum atomic E-state index is -0.111. The van der Waals surface area contributed by atoms with Crippen molar-refractivity contribution < 1.29 is 9.53 Å². The van der Waals surface area contributed by atoms with Gasteiger partial charge in [0.25, 0.3) is 0 Å². The maximum Gasteiger partial charge on any atom is 0.237 e. The molecule has 1 amide bonds. The first-order valence-electron chi connectivity index (χ1n) is 7.14. The molecule has 1 N–H and O–H groups in total. The molecule has 2 rings (SSSR count). The van der Waals surface area contributed by atoms with Crippen LogP contribution in [-0.2, 0) is 16.0 Å². The van der Waals surface area contributed by atoms with Crippen molar-refractivity contribution in [2.75, 3.05) is 27.2 Å². The molecule has 1 aromatic rings. The van der Waals surface area contributed by atoms with Crippen LogP contribution < -0.4 is 5.32 Å². The van der Waals surface area contributed by atoms with Gasteiger partial charge in [0.05, 0.1) is 23.8 Å². The number of ether oxygens (including phenoxy) is 1. The predicted octanol–water partition coefficient (Wildman–Crippen LogP) is 0.936. The zero-order valence-corrected chi connectivity index (χ0v) is 12.5. The van der Waals surface area contributed by atoms with E-state index in [2.05, 4.69) is 11.4 Å². The minimum Gasteiger partial charge on any atom is -0.380 e. The molecular formula is C16H21N3O2. The third-order valence-corrected chi connectivity index (χ3v) is 3.91. The lowest BCUT2D eigenvalue weighted by Gasteiger charge is -2.18. The molecule has 112 valence electrons. The maximum absolute atomic E-state index is 12.2. The summed E-state index contributed by atoms with van der Waals surface area (Å²) in [5, 5.41) is 11.8. The van der Waals surface area contributed by atoms with E-state index in [0.29, 0.717) is 12.1 Å². The highest BCUT2D eigenvalue weighted by Gasteiger charge is 2.34. The van der Waals surface area contributed by atoms with Crippen molar-refractivity contribution in [3.05, 3.63) is 35.4 Å². The Labute approximate surface area is 125 Å². The van der Waals surface area contributed by atoms with E-state index in [0.717, 1.165) is 24.9 Å². The number of amides is 1. The second kappa shape index (κ2) is 7.21. The molecule has 0 bridgehead atoms. The van der Waals surface area contributed by atoms with E-state index in [1.165, 1.54) is 0 Å². The van der Waals surface area contributed by atoms with Gasteiger partial charge in [-0.1, -0.05) is 12.1 Å². The Morgan fingerprint density at radius 2 is 2.38 bits per heavy atom. The number of nitrogens with one attached hydrogen (secondary N) is 1. The van der Waals surface area contributed by atoms with Gasteiger partial charge >= 0.3 is 0 Å². The van der Waals surface area contributed by atoms with Crippen LogP contribution >= 0.6 is 0 Å². The van der Waals surface area contributed by atoms with Crippen molar-refractivity contribution in [2.45, 2.75) is 25.0 Å². The number of carbonyl (C=O) groups excluding carboxylic acids is 1. The quantitative estimate of drug-likeness (QED) is 0.875. The number of hydrogen-bond acceptors (Lipinski definition) is 4. The average molecular weight is 287 g/mol. The summed E-state index contributed by atoms with van der Waals surface area (Å²) in [6.07, 6.45) is 1.60. The summed E-state index contributed by atoms with van der Waals surface area (Å²) in [6.45, 7) is 1.37. The van der Waals surface area contributed by atoms with Crippen LogP contribution in [0.1, 0.15) is 17.5 Å². The van der Waals surface area contributed by atoms with Crippen molar-refractivity contribution >= 4 is 5.91 Å². The maximum atomic E-state index is 12.2. The summed E-state index contributed by atoms with van der Waals surface area (Å²) in [5.74, 6) is 0.0495. The lowest BCUT2D eigenvalue weighted by Crippen LogP contribution is -2.42. The molecule has 1 aliphatic rings. The predicted molar refractivity (Wildman–Crippen MR) is 79.7 cm³/mol. The molecule has 5 nitrogen and oxygen atoms in total. The number of likely N-dealkylation sites (N-methyl/N-ethyl adjacent to an activating group) is 1. The van der Waals surface area contributed by atoms with Crippen molar-refractivity contribution in [2.24, 2.45) is 0 Å². The number of likely N-dealkylation sites (tertiary alicyclic amines) is 1. The fourth-order valence-electron chi connectivity index (χ4n) is 2.67. The summed E-state index contributed by atoms with van der Waals surface area (Å²) in [7, 11) is 3.63. The molecule has 1 aliphatic heterocycles. The normalized spacial score (nSPS) is 22.0. The van der Waals surface area contributed by atoms with E-state index in [-0.39, 0.29) is 18.1 Å². The van der Waals surface area contributed by atoms with Gasteiger partial charge in [0.2, 0.25) is 5.91 Å². The summed E-state index contributed by atoms with van der Waals surface area (Å²) >= 11 is 0. The molecule has 1 aromatic carbocycles. The Morgan fingerprint density at radius 1 is 1.57 bits per heavy atom. The Morgan fingerprint density at radius 3 is 3.05 bits per heavy atom. The lowest BCUT2D eigenvalue weighted by molar-refractivity contribution is -0.125. The number of methoxy groups -OCH3 is 1. The van der Waals surface area contributed by atoms with E-state index in [1.807, 2.05) is 30.1 Å². The zero-order valence-electron chi connectivity index (χ0n) is 12.5. The van der Waals surface area contributed by atoms with Gasteiger partial charge in [0.15, 0.2) is 0 Å². The number of nitriles is 1. The summed E-state index contributed by atoms with van der Waals surface area (Å²) in [5.41, 5.74) is 1.71. The second-order valence-electron chi connectivity index (χ2n) is 5.40. The first kappa shape index (κ1) is 15.5. The molecule has 21 heavy (non-hydrogen) atoms. The van der Waals surface area contributed by atoms with E-state index < -0.39 is 0 Å². The van der Waals surface area contributed by atoms with Crippen LogP contribution in [0.15, 0.2) is 24.3 Å². The Hall–Kier alpha value is -1.90. The highest BCUT2D eigenvalue weighted by molar-refractivity contribution is 5.82.